The molecule has 1 saturated heterocycles. The lowest BCUT2D eigenvalue weighted by molar-refractivity contribution is -0.125. The number of rotatable bonds is 7. The molecule has 1 rings (SSSR count). The van der Waals surface area contributed by atoms with Crippen LogP contribution in [0.4, 0.5) is 0 Å². The zero-order valence-corrected chi connectivity index (χ0v) is 12.8. The van der Waals surface area contributed by atoms with Crippen molar-refractivity contribution in [3.8, 4) is 0 Å². The molecule has 19 heavy (non-hydrogen) atoms. The van der Waals surface area contributed by atoms with Crippen molar-refractivity contribution in [3.05, 3.63) is 0 Å². The second-order valence-corrected chi connectivity index (χ2v) is 6.09. The van der Waals surface area contributed by atoms with Crippen LogP contribution in [-0.2, 0) is 9.53 Å². The zero-order chi connectivity index (χ0) is 14.5. The smallest absolute Gasteiger partial charge is 0.238 e. The molecule has 0 radical (unpaired) electrons. The Morgan fingerprint density at radius 2 is 2.26 bits per heavy atom. The number of primary amides is 1. The highest BCUT2D eigenvalue weighted by Crippen LogP contribution is 2.24. The van der Waals surface area contributed by atoms with E-state index in [1.807, 2.05) is 6.92 Å². The summed E-state index contributed by atoms with van der Waals surface area (Å²) in [6.45, 7) is 9.38. The highest BCUT2D eigenvalue weighted by Gasteiger charge is 2.37. The summed E-state index contributed by atoms with van der Waals surface area (Å²) in [7, 11) is 1.76. The van der Waals surface area contributed by atoms with Crippen LogP contribution in [-0.4, -0.2) is 55.2 Å². The molecule has 0 aromatic rings. The predicted molar refractivity (Wildman–Crippen MR) is 77.0 cm³/mol. The molecule has 0 aromatic heterocycles. The number of likely N-dealkylation sites (tertiary alicyclic amines) is 1. The van der Waals surface area contributed by atoms with Crippen molar-refractivity contribution in [2.24, 2.45) is 5.73 Å². The van der Waals surface area contributed by atoms with Crippen LogP contribution < -0.4 is 11.1 Å². The zero-order valence-electron chi connectivity index (χ0n) is 12.8. The van der Waals surface area contributed by atoms with Crippen LogP contribution in [0.1, 0.15) is 40.0 Å². The number of ether oxygens (including phenoxy) is 1. The first kappa shape index (κ1) is 16.4. The van der Waals surface area contributed by atoms with Crippen LogP contribution >= 0.6 is 0 Å². The van der Waals surface area contributed by atoms with Gasteiger partial charge in [-0.15, -0.1) is 0 Å². The van der Waals surface area contributed by atoms with Gasteiger partial charge < -0.3 is 15.8 Å². The molecule has 0 spiro atoms. The van der Waals surface area contributed by atoms with Crippen molar-refractivity contribution < 1.29 is 9.53 Å². The Labute approximate surface area is 116 Å². The minimum Gasteiger partial charge on any atom is -0.377 e. The highest BCUT2D eigenvalue weighted by atomic mass is 16.5. The average Bonchev–Trinajstić information content (AvgIpc) is 2.36. The monoisotopic (exact) mass is 271 g/mol. The van der Waals surface area contributed by atoms with E-state index in [1.165, 1.54) is 0 Å². The van der Waals surface area contributed by atoms with Gasteiger partial charge in [0.05, 0.1) is 5.60 Å². The SMILES string of the molecule is CCCNC(C)(CN1CCCC(C)(OC)C1)C(N)=O. The number of methoxy groups -OCH3 is 1. The third-order valence-corrected chi connectivity index (χ3v) is 4.08. The molecule has 2 unspecified atom stereocenters. The molecule has 1 aliphatic rings. The molecule has 1 aliphatic heterocycles. The summed E-state index contributed by atoms with van der Waals surface area (Å²) >= 11 is 0. The fraction of sp³-hybridized carbons (Fsp3) is 0.929. The summed E-state index contributed by atoms with van der Waals surface area (Å²) in [5.74, 6) is -0.286. The van der Waals surface area contributed by atoms with Crippen molar-refractivity contribution >= 4 is 5.91 Å². The standard InChI is InChI=1S/C14H29N3O2/c1-5-8-16-14(3,12(15)18)11-17-9-6-7-13(2,10-17)19-4/h16H,5-11H2,1-4H3,(H2,15,18). The highest BCUT2D eigenvalue weighted by molar-refractivity contribution is 5.84. The number of nitrogens with zero attached hydrogens (tertiary/aromatic N) is 1. The first-order valence-corrected chi connectivity index (χ1v) is 7.18. The van der Waals surface area contributed by atoms with E-state index in [9.17, 15) is 4.79 Å². The summed E-state index contributed by atoms with van der Waals surface area (Å²) in [5, 5.41) is 3.28. The van der Waals surface area contributed by atoms with Gasteiger partial charge in [-0.25, -0.2) is 0 Å². The summed E-state index contributed by atoms with van der Waals surface area (Å²) < 4.78 is 5.59. The molecule has 1 fully saturated rings. The lowest BCUT2D eigenvalue weighted by atomic mass is 9.92. The Morgan fingerprint density at radius 1 is 1.58 bits per heavy atom. The molecule has 0 aliphatic carbocycles. The molecule has 1 amide bonds. The van der Waals surface area contributed by atoms with Gasteiger partial charge in [0, 0.05) is 20.2 Å². The predicted octanol–water partition coefficient (Wildman–Crippen LogP) is 0.731. The minimum absolute atomic E-state index is 0.110. The third-order valence-electron chi connectivity index (χ3n) is 4.08. The fourth-order valence-corrected chi connectivity index (χ4v) is 2.68. The molecule has 1 heterocycles. The number of hydrogen-bond donors (Lipinski definition) is 2. The molecular formula is C14H29N3O2. The van der Waals surface area contributed by atoms with Gasteiger partial charge in [-0.05, 0) is 46.2 Å². The maximum Gasteiger partial charge on any atom is 0.238 e. The van der Waals surface area contributed by atoms with Gasteiger partial charge in [0.2, 0.25) is 5.91 Å². The number of nitrogens with two attached hydrogens (primary N) is 1. The van der Waals surface area contributed by atoms with Crippen molar-refractivity contribution in [2.75, 3.05) is 33.3 Å². The van der Waals surface area contributed by atoms with Crippen LogP contribution in [0.5, 0.6) is 0 Å². The average molecular weight is 271 g/mol. The number of carbonyl (C=O) groups excluding carboxylic acids is 1. The van der Waals surface area contributed by atoms with Gasteiger partial charge in [-0.1, -0.05) is 6.92 Å². The Bertz CT molecular complexity index is 311. The van der Waals surface area contributed by atoms with Crippen LogP contribution in [0, 0.1) is 0 Å². The van der Waals surface area contributed by atoms with Crippen molar-refractivity contribution in [2.45, 2.75) is 51.2 Å². The van der Waals surface area contributed by atoms with Gasteiger partial charge in [0.15, 0.2) is 0 Å². The first-order chi connectivity index (χ1) is 8.85. The van der Waals surface area contributed by atoms with Crippen LogP contribution in [0.3, 0.4) is 0 Å². The second kappa shape index (κ2) is 6.68. The Kier molecular flexibility index (Phi) is 5.77. The van der Waals surface area contributed by atoms with Gasteiger partial charge in [0.25, 0.3) is 0 Å². The van der Waals surface area contributed by atoms with Gasteiger partial charge >= 0.3 is 0 Å². The summed E-state index contributed by atoms with van der Waals surface area (Å²) in [4.78, 5) is 14.0. The molecule has 5 nitrogen and oxygen atoms in total. The third kappa shape index (κ3) is 4.44. The van der Waals surface area contributed by atoms with E-state index in [1.54, 1.807) is 7.11 Å². The maximum atomic E-state index is 11.7. The van der Waals surface area contributed by atoms with Gasteiger partial charge in [-0.2, -0.15) is 0 Å². The molecule has 2 atom stereocenters. The summed E-state index contributed by atoms with van der Waals surface area (Å²) in [6, 6.07) is 0. The maximum absolute atomic E-state index is 11.7. The number of carbonyl (C=O) groups is 1. The number of amides is 1. The number of piperidine rings is 1. The normalized spacial score (nSPS) is 28.0. The van der Waals surface area contributed by atoms with E-state index in [0.29, 0.717) is 6.54 Å². The Morgan fingerprint density at radius 3 is 2.79 bits per heavy atom. The van der Waals surface area contributed by atoms with Crippen LogP contribution in [0.2, 0.25) is 0 Å². The van der Waals surface area contributed by atoms with Gasteiger partial charge in [-0.3, -0.25) is 9.69 Å². The van der Waals surface area contributed by atoms with Crippen molar-refractivity contribution in [1.29, 1.82) is 0 Å². The lowest BCUT2D eigenvalue weighted by Crippen LogP contribution is -2.62. The van der Waals surface area contributed by atoms with E-state index in [0.717, 1.165) is 38.9 Å². The Hall–Kier alpha value is -0.650. The largest absolute Gasteiger partial charge is 0.377 e. The number of nitrogens with one attached hydrogen (secondary N) is 1. The fourth-order valence-electron chi connectivity index (χ4n) is 2.68. The van der Waals surface area contributed by atoms with Crippen molar-refractivity contribution in [3.63, 3.8) is 0 Å². The topological polar surface area (TPSA) is 67.6 Å². The van der Waals surface area contributed by atoms with E-state index in [-0.39, 0.29) is 11.5 Å². The van der Waals surface area contributed by atoms with Crippen LogP contribution in [0.25, 0.3) is 0 Å². The minimum atomic E-state index is -0.665. The van der Waals surface area contributed by atoms with E-state index >= 15 is 0 Å². The number of hydrogen-bond acceptors (Lipinski definition) is 4. The molecule has 0 bridgehead atoms. The van der Waals surface area contributed by atoms with Crippen molar-refractivity contribution in [1.82, 2.24) is 10.2 Å². The molecule has 3 N–H and O–H groups in total. The lowest BCUT2D eigenvalue weighted by Gasteiger charge is -2.42. The van der Waals surface area contributed by atoms with Gasteiger partial charge in [0.1, 0.15) is 5.54 Å². The van der Waals surface area contributed by atoms with E-state index in [2.05, 4.69) is 24.1 Å². The Balaban J connectivity index is 2.66. The quantitative estimate of drug-likeness (QED) is 0.716. The van der Waals surface area contributed by atoms with Crippen LogP contribution in [0.15, 0.2) is 0 Å². The summed E-state index contributed by atoms with van der Waals surface area (Å²) in [5.41, 5.74) is 4.80. The second-order valence-electron chi connectivity index (χ2n) is 6.09. The molecular weight excluding hydrogens is 242 g/mol. The molecule has 5 heteroatoms. The molecule has 0 saturated carbocycles. The summed E-state index contributed by atoms with van der Waals surface area (Å²) in [6.07, 6.45) is 3.14. The van der Waals surface area contributed by atoms with E-state index in [4.69, 9.17) is 10.5 Å². The molecule has 0 aromatic carbocycles. The van der Waals surface area contributed by atoms with E-state index < -0.39 is 5.54 Å². The molecule has 112 valence electrons. The first-order valence-electron chi connectivity index (χ1n) is 7.18.